The minimum Gasteiger partial charge on any atom is -0.349 e. The number of hydrogen-bond donors (Lipinski definition) is 1. The van der Waals surface area contributed by atoms with E-state index in [1.807, 2.05) is 0 Å². The highest BCUT2D eigenvalue weighted by molar-refractivity contribution is 7.99. The van der Waals surface area contributed by atoms with Crippen LogP contribution in [0.3, 0.4) is 0 Å². The smallest absolute Gasteiger partial charge is 0.222 e. The summed E-state index contributed by atoms with van der Waals surface area (Å²) in [5.41, 5.74) is 0. The second-order valence-electron chi connectivity index (χ2n) is 4.05. The maximum Gasteiger partial charge on any atom is 0.222 e. The molecule has 0 aromatic carbocycles. The maximum absolute atomic E-state index is 11.3. The number of H-pyrrole nitrogens is 1. The lowest BCUT2D eigenvalue weighted by molar-refractivity contribution is -0.128. The third-order valence-corrected chi connectivity index (χ3v) is 3.17. The van der Waals surface area contributed by atoms with Gasteiger partial charge in [-0.1, -0.05) is 25.1 Å². The zero-order valence-corrected chi connectivity index (χ0v) is 11.5. The number of rotatable bonds is 7. The molecule has 0 fully saturated rings. The average molecular weight is 256 g/mol. The van der Waals surface area contributed by atoms with Crippen LogP contribution in [0.5, 0.6) is 0 Å². The Balaban J connectivity index is 2.27. The van der Waals surface area contributed by atoms with Gasteiger partial charge < -0.3 is 4.90 Å². The second kappa shape index (κ2) is 7.32. The molecule has 1 rings (SSSR count). The molecule has 0 saturated heterocycles. The van der Waals surface area contributed by atoms with Gasteiger partial charge in [0.05, 0.1) is 0 Å². The first-order valence-corrected chi connectivity index (χ1v) is 6.86. The summed E-state index contributed by atoms with van der Waals surface area (Å²) >= 11 is 1.52. The van der Waals surface area contributed by atoms with Gasteiger partial charge in [0.1, 0.15) is 5.82 Å². The van der Waals surface area contributed by atoms with Crippen molar-refractivity contribution >= 4 is 17.7 Å². The third-order valence-electron chi connectivity index (χ3n) is 2.32. The molecule has 5 nitrogen and oxygen atoms in total. The van der Waals surface area contributed by atoms with Crippen molar-refractivity contribution in [2.24, 2.45) is 0 Å². The standard InChI is InChI=1S/C11H20N4OS/c1-4-5-6-9-12-11(14-13-9)17-8-7-10(16)15(2)3/h4-8H2,1-3H3,(H,12,13,14). The van der Waals surface area contributed by atoms with Crippen molar-refractivity contribution < 1.29 is 4.79 Å². The SMILES string of the molecule is CCCCc1nc(SCCC(=O)N(C)C)n[nH]1. The van der Waals surface area contributed by atoms with Crippen molar-refractivity contribution in [2.75, 3.05) is 19.8 Å². The Kier molecular flexibility index (Phi) is 6.04. The van der Waals surface area contributed by atoms with Crippen LogP contribution < -0.4 is 0 Å². The summed E-state index contributed by atoms with van der Waals surface area (Å²) in [4.78, 5) is 17.3. The largest absolute Gasteiger partial charge is 0.349 e. The normalized spacial score (nSPS) is 10.5. The highest BCUT2D eigenvalue weighted by Gasteiger charge is 2.07. The number of nitrogens with one attached hydrogen (secondary N) is 1. The molecule has 17 heavy (non-hydrogen) atoms. The molecule has 0 unspecified atom stereocenters. The number of aryl methyl sites for hydroxylation is 1. The molecule has 0 bridgehead atoms. The van der Waals surface area contributed by atoms with E-state index in [9.17, 15) is 4.79 Å². The topological polar surface area (TPSA) is 61.9 Å². The van der Waals surface area contributed by atoms with Crippen molar-refractivity contribution in [2.45, 2.75) is 37.8 Å². The number of carbonyl (C=O) groups is 1. The molecule has 0 aliphatic heterocycles. The Hall–Kier alpha value is -1.04. The molecule has 0 radical (unpaired) electrons. The van der Waals surface area contributed by atoms with Gasteiger partial charge in [-0.05, 0) is 6.42 Å². The van der Waals surface area contributed by atoms with E-state index in [4.69, 9.17) is 0 Å². The highest BCUT2D eigenvalue weighted by atomic mass is 32.2. The molecule has 0 aliphatic carbocycles. The number of nitrogens with zero attached hydrogens (tertiary/aromatic N) is 3. The van der Waals surface area contributed by atoms with Gasteiger partial charge in [0, 0.05) is 32.7 Å². The van der Waals surface area contributed by atoms with Crippen molar-refractivity contribution in [1.29, 1.82) is 0 Å². The number of unbranched alkanes of at least 4 members (excludes halogenated alkanes) is 1. The molecule has 96 valence electrons. The van der Waals surface area contributed by atoms with Crippen LogP contribution in [0.15, 0.2) is 5.16 Å². The van der Waals surface area contributed by atoms with Crippen LogP contribution in [0.1, 0.15) is 32.0 Å². The van der Waals surface area contributed by atoms with Gasteiger partial charge in [0.25, 0.3) is 0 Å². The molecule has 1 amide bonds. The van der Waals surface area contributed by atoms with Crippen LogP contribution in [0, 0.1) is 0 Å². The van der Waals surface area contributed by atoms with Gasteiger partial charge in [0.15, 0.2) is 0 Å². The van der Waals surface area contributed by atoms with E-state index in [0.29, 0.717) is 6.42 Å². The Morgan fingerprint density at radius 3 is 2.88 bits per heavy atom. The summed E-state index contributed by atoms with van der Waals surface area (Å²) < 4.78 is 0. The molecule has 1 N–H and O–H groups in total. The first-order valence-electron chi connectivity index (χ1n) is 5.87. The minimum absolute atomic E-state index is 0.138. The Labute approximate surface area is 106 Å². The van der Waals surface area contributed by atoms with Crippen LogP contribution in [0.4, 0.5) is 0 Å². The predicted octanol–water partition coefficient (Wildman–Crippen LogP) is 1.72. The monoisotopic (exact) mass is 256 g/mol. The van der Waals surface area contributed by atoms with Gasteiger partial charge in [-0.2, -0.15) is 0 Å². The summed E-state index contributed by atoms with van der Waals surface area (Å²) in [5.74, 6) is 1.80. The van der Waals surface area contributed by atoms with Crippen LogP contribution in [-0.4, -0.2) is 45.8 Å². The number of aromatic amines is 1. The maximum atomic E-state index is 11.3. The first kappa shape index (κ1) is 14.0. The van der Waals surface area contributed by atoms with Gasteiger partial charge in [0.2, 0.25) is 11.1 Å². The van der Waals surface area contributed by atoms with Gasteiger partial charge in [-0.15, -0.1) is 5.10 Å². The van der Waals surface area contributed by atoms with E-state index >= 15 is 0 Å². The van der Waals surface area contributed by atoms with Crippen LogP contribution >= 0.6 is 11.8 Å². The minimum atomic E-state index is 0.138. The molecule has 0 saturated carbocycles. The van der Waals surface area contributed by atoms with Crippen molar-refractivity contribution in [3.63, 3.8) is 0 Å². The van der Waals surface area contributed by atoms with Gasteiger partial charge >= 0.3 is 0 Å². The molecule has 1 heterocycles. The van der Waals surface area contributed by atoms with Crippen molar-refractivity contribution in [3.05, 3.63) is 5.82 Å². The average Bonchev–Trinajstić information content (AvgIpc) is 2.74. The zero-order valence-electron chi connectivity index (χ0n) is 10.7. The zero-order chi connectivity index (χ0) is 12.7. The first-order chi connectivity index (χ1) is 8.13. The number of hydrogen-bond acceptors (Lipinski definition) is 4. The summed E-state index contributed by atoms with van der Waals surface area (Å²) in [6.07, 6.45) is 3.75. The Morgan fingerprint density at radius 1 is 1.47 bits per heavy atom. The lowest BCUT2D eigenvalue weighted by atomic mass is 10.2. The quantitative estimate of drug-likeness (QED) is 0.755. The fourth-order valence-electron chi connectivity index (χ4n) is 1.25. The number of amides is 1. The van der Waals surface area contributed by atoms with Crippen molar-refractivity contribution in [1.82, 2.24) is 20.1 Å². The van der Waals surface area contributed by atoms with Crippen LogP contribution in [-0.2, 0) is 11.2 Å². The van der Waals surface area contributed by atoms with E-state index in [0.717, 1.165) is 36.0 Å². The van der Waals surface area contributed by atoms with E-state index < -0.39 is 0 Å². The Morgan fingerprint density at radius 2 is 2.24 bits per heavy atom. The summed E-state index contributed by atoms with van der Waals surface area (Å²) in [7, 11) is 3.53. The Bertz CT molecular complexity index is 351. The van der Waals surface area contributed by atoms with Gasteiger partial charge in [-0.3, -0.25) is 9.89 Å². The third kappa shape index (κ3) is 5.21. The molecule has 0 atom stereocenters. The van der Waals surface area contributed by atoms with Crippen molar-refractivity contribution in [3.8, 4) is 0 Å². The molecular formula is C11H20N4OS. The lowest BCUT2D eigenvalue weighted by Crippen LogP contribution is -2.21. The summed E-state index contributed by atoms with van der Waals surface area (Å²) in [5, 5.41) is 7.78. The fourth-order valence-corrected chi connectivity index (χ4v) is 2.00. The highest BCUT2D eigenvalue weighted by Crippen LogP contribution is 2.14. The molecule has 1 aromatic rings. The molecule has 1 aromatic heterocycles. The summed E-state index contributed by atoms with van der Waals surface area (Å²) in [6, 6.07) is 0. The van der Waals surface area contributed by atoms with E-state index in [1.165, 1.54) is 11.8 Å². The molecule has 0 spiro atoms. The summed E-state index contributed by atoms with van der Waals surface area (Å²) in [6.45, 7) is 2.15. The van der Waals surface area contributed by atoms with E-state index in [2.05, 4.69) is 22.1 Å². The number of thioether (sulfide) groups is 1. The van der Waals surface area contributed by atoms with Gasteiger partial charge in [-0.25, -0.2) is 4.98 Å². The number of aromatic nitrogens is 3. The molecular weight excluding hydrogens is 236 g/mol. The molecule has 0 aliphatic rings. The second-order valence-corrected chi connectivity index (χ2v) is 5.12. The fraction of sp³-hybridized carbons (Fsp3) is 0.727. The molecule has 6 heteroatoms. The van der Waals surface area contributed by atoms with Crippen LogP contribution in [0.25, 0.3) is 0 Å². The van der Waals surface area contributed by atoms with E-state index in [-0.39, 0.29) is 5.91 Å². The van der Waals surface area contributed by atoms with Crippen LogP contribution in [0.2, 0.25) is 0 Å². The lowest BCUT2D eigenvalue weighted by Gasteiger charge is -2.08. The van der Waals surface area contributed by atoms with E-state index in [1.54, 1.807) is 19.0 Å². The predicted molar refractivity (Wildman–Crippen MR) is 69.0 cm³/mol. The number of carbonyl (C=O) groups excluding carboxylic acids is 1.